The number of carbonyl (C=O) groups excluding carboxylic acids is 1. The maximum Gasteiger partial charge on any atom is 1.00 e. The predicted octanol–water partition coefficient (Wildman–Crippen LogP) is -4.46. The van der Waals surface area contributed by atoms with Crippen LogP contribution in [0.15, 0.2) is 54.6 Å². The molecule has 2 aromatic rings. The molecule has 0 spiro atoms. The first-order valence-electron chi connectivity index (χ1n) is 6.70. The van der Waals surface area contributed by atoms with Crippen LogP contribution in [0.4, 0.5) is 0 Å². The van der Waals surface area contributed by atoms with Gasteiger partial charge in [0.15, 0.2) is 0 Å². The van der Waals surface area contributed by atoms with Gasteiger partial charge in [0.25, 0.3) is 5.97 Å². The minimum Gasteiger partial charge on any atom is -0.430 e. The SMILES string of the molecule is O=S(=O)=O.O=S(=O)=O.[CH2-]C([CH2-])C(=O)Oc1ccc(-c2ccccc2)cc1.[Na+].[Na+]. The van der Waals surface area contributed by atoms with Crippen LogP contribution < -0.4 is 63.9 Å². The number of carbonyl (C=O) groups is 1. The Kier molecular flexibility index (Phi) is 20.7. The second kappa shape index (κ2) is 18.2. The summed E-state index contributed by atoms with van der Waals surface area (Å²) in [7, 11) is -6.22. The maximum absolute atomic E-state index is 11.3. The predicted molar refractivity (Wildman–Crippen MR) is 91.1 cm³/mol. The van der Waals surface area contributed by atoms with Crippen LogP contribution in [-0.4, -0.2) is 31.2 Å². The van der Waals surface area contributed by atoms with E-state index in [4.69, 9.17) is 30.0 Å². The van der Waals surface area contributed by atoms with Crippen molar-refractivity contribution in [3.05, 3.63) is 68.4 Å². The zero-order valence-electron chi connectivity index (χ0n) is 15.3. The van der Waals surface area contributed by atoms with Gasteiger partial charge >= 0.3 is 80.3 Å². The van der Waals surface area contributed by atoms with E-state index in [1.165, 1.54) is 0 Å². The molecule has 0 fully saturated rings. The molecule has 0 atom stereocenters. The molecular formula is C16H14Na2O8S2. The molecule has 0 amide bonds. The van der Waals surface area contributed by atoms with Gasteiger partial charge in [0, 0.05) is 0 Å². The van der Waals surface area contributed by atoms with Crippen LogP contribution in [-0.2, 0) is 26.0 Å². The third-order valence-corrected chi connectivity index (χ3v) is 2.51. The molecule has 0 saturated carbocycles. The summed E-state index contributed by atoms with van der Waals surface area (Å²) in [4.78, 5) is 11.3. The number of esters is 1. The summed E-state index contributed by atoms with van der Waals surface area (Å²) in [6.45, 7) is 7.03. The molecule has 0 radical (unpaired) electrons. The molecule has 2 aromatic carbocycles. The van der Waals surface area contributed by atoms with Crippen LogP contribution in [0, 0.1) is 19.8 Å². The van der Waals surface area contributed by atoms with Crippen LogP contribution >= 0.6 is 0 Å². The number of hydrogen-bond donors (Lipinski definition) is 0. The van der Waals surface area contributed by atoms with E-state index < -0.39 is 33.1 Å². The normalized spacial score (nSPS) is 8.39. The van der Waals surface area contributed by atoms with E-state index in [1.807, 2.05) is 42.5 Å². The molecule has 0 bridgehead atoms. The molecule has 0 heterocycles. The maximum atomic E-state index is 11.3. The Morgan fingerprint density at radius 1 is 0.714 bits per heavy atom. The van der Waals surface area contributed by atoms with Gasteiger partial charge in [-0.25, -0.2) is 5.92 Å². The molecule has 0 N–H and O–H groups in total. The molecule has 0 aromatic heterocycles. The summed E-state index contributed by atoms with van der Waals surface area (Å²) >= 11 is 0. The van der Waals surface area contributed by atoms with E-state index in [-0.39, 0.29) is 59.1 Å². The minimum atomic E-state index is -3.11. The fraction of sp³-hybridized carbons (Fsp3) is 0.0625. The zero-order chi connectivity index (χ0) is 20.1. The van der Waals surface area contributed by atoms with Crippen molar-refractivity contribution in [1.82, 2.24) is 0 Å². The van der Waals surface area contributed by atoms with Gasteiger partial charge in [-0.1, -0.05) is 42.5 Å². The van der Waals surface area contributed by atoms with Gasteiger partial charge in [-0.2, -0.15) is 0 Å². The van der Waals surface area contributed by atoms with Gasteiger partial charge in [0.05, 0.1) is 0 Å². The van der Waals surface area contributed by atoms with Crippen molar-refractivity contribution in [2.75, 3.05) is 0 Å². The van der Waals surface area contributed by atoms with Gasteiger partial charge < -0.3 is 18.6 Å². The topological polar surface area (TPSA) is 129 Å². The van der Waals surface area contributed by atoms with E-state index in [1.54, 1.807) is 12.1 Å². The Balaban J connectivity index is -0.000000537. The summed E-state index contributed by atoms with van der Waals surface area (Å²) in [5.41, 5.74) is 2.21. The van der Waals surface area contributed by atoms with E-state index in [2.05, 4.69) is 13.8 Å². The Morgan fingerprint density at radius 3 is 1.43 bits per heavy atom. The molecule has 0 aliphatic rings. The fourth-order valence-corrected chi connectivity index (χ4v) is 1.55. The smallest absolute Gasteiger partial charge is 0.430 e. The van der Waals surface area contributed by atoms with Crippen LogP contribution in [0.5, 0.6) is 5.75 Å². The Hall–Kier alpha value is -0.850. The second-order valence-electron chi connectivity index (χ2n) is 4.42. The summed E-state index contributed by atoms with van der Waals surface area (Å²) in [6.07, 6.45) is 0. The standard InChI is InChI=1S/C16H14O2.2Na.2O3S/c1-12(2)16(17)18-15-10-8-14(9-11-15)13-6-4-3-5-7-13;;;2*1-4(2)3/h3-12H,1-2H2;;;;/q-2;2*+1;;. The van der Waals surface area contributed by atoms with Crippen LogP contribution in [0.25, 0.3) is 11.1 Å². The average Bonchev–Trinajstić information content (AvgIpc) is 2.55. The molecule has 0 unspecified atom stereocenters. The largest absolute Gasteiger partial charge is 1.00 e. The Labute approximate surface area is 210 Å². The number of hydrogen-bond acceptors (Lipinski definition) is 8. The summed E-state index contributed by atoms with van der Waals surface area (Å²) < 4.78 is 55.8. The first kappa shape index (κ1) is 31.8. The van der Waals surface area contributed by atoms with Crippen LogP contribution in [0.2, 0.25) is 0 Å². The van der Waals surface area contributed by atoms with Crippen molar-refractivity contribution >= 4 is 27.2 Å². The third kappa shape index (κ3) is 17.3. The number of rotatable bonds is 3. The molecular weight excluding hydrogens is 430 g/mol. The first-order chi connectivity index (χ1) is 12.1. The van der Waals surface area contributed by atoms with Crippen molar-refractivity contribution in [1.29, 1.82) is 0 Å². The zero-order valence-corrected chi connectivity index (χ0v) is 20.9. The average molecular weight is 444 g/mol. The van der Waals surface area contributed by atoms with Crippen LogP contribution in [0.1, 0.15) is 0 Å². The third-order valence-electron chi connectivity index (χ3n) is 2.51. The molecule has 0 aliphatic heterocycles. The van der Waals surface area contributed by atoms with E-state index in [0.717, 1.165) is 11.1 Å². The van der Waals surface area contributed by atoms with Gasteiger partial charge in [0.1, 0.15) is 5.75 Å². The van der Waals surface area contributed by atoms with Crippen molar-refractivity contribution in [3.8, 4) is 16.9 Å². The van der Waals surface area contributed by atoms with Crippen molar-refractivity contribution in [2.45, 2.75) is 0 Å². The molecule has 2 rings (SSSR count). The quantitative estimate of drug-likeness (QED) is 0.201. The molecule has 140 valence electrons. The van der Waals surface area contributed by atoms with Gasteiger partial charge in [-0.15, -0.1) is 25.3 Å². The Bertz CT molecular complexity index is 868. The first-order valence-corrected chi connectivity index (χ1v) is 8.70. The van der Waals surface area contributed by atoms with Crippen molar-refractivity contribution in [3.63, 3.8) is 0 Å². The molecule has 0 aliphatic carbocycles. The van der Waals surface area contributed by atoms with Crippen molar-refractivity contribution in [2.24, 2.45) is 5.92 Å². The number of ether oxygens (including phenoxy) is 1. The van der Waals surface area contributed by atoms with E-state index in [9.17, 15) is 4.79 Å². The van der Waals surface area contributed by atoms with Gasteiger partial charge in [0.2, 0.25) is 0 Å². The van der Waals surface area contributed by atoms with Crippen LogP contribution in [0.3, 0.4) is 0 Å². The molecule has 0 saturated heterocycles. The molecule has 8 nitrogen and oxygen atoms in total. The summed E-state index contributed by atoms with van der Waals surface area (Å²) in [5, 5.41) is 0. The molecule has 12 heteroatoms. The van der Waals surface area contributed by atoms with Gasteiger partial charge in [-0.3, -0.25) is 4.79 Å². The summed E-state index contributed by atoms with van der Waals surface area (Å²) in [5.74, 6) is -0.529. The fourth-order valence-electron chi connectivity index (χ4n) is 1.55. The van der Waals surface area contributed by atoms with Gasteiger partial charge in [-0.05, 0) is 23.3 Å². The monoisotopic (exact) mass is 444 g/mol. The second-order valence-corrected chi connectivity index (χ2v) is 5.23. The molecule has 28 heavy (non-hydrogen) atoms. The summed E-state index contributed by atoms with van der Waals surface area (Å²) in [6, 6.07) is 17.4. The van der Waals surface area contributed by atoms with E-state index in [0.29, 0.717) is 5.75 Å². The number of benzene rings is 2. The minimum absolute atomic E-state index is 0. The van der Waals surface area contributed by atoms with E-state index >= 15 is 0 Å². The van der Waals surface area contributed by atoms with Crippen molar-refractivity contribution < 1.29 is 93.9 Å². The Morgan fingerprint density at radius 2 is 1.07 bits per heavy atom.